The lowest BCUT2D eigenvalue weighted by Crippen LogP contribution is -2.15. The van der Waals surface area contributed by atoms with Gasteiger partial charge in [0.25, 0.3) is 0 Å². The van der Waals surface area contributed by atoms with Gasteiger partial charge in [0.05, 0.1) is 112 Å². The molecule has 0 saturated heterocycles. The van der Waals surface area contributed by atoms with Crippen LogP contribution in [0.4, 0.5) is 0 Å². The van der Waals surface area contributed by atoms with E-state index in [2.05, 4.69) is 6.92 Å². The maximum Gasteiger partial charge on any atom is 0.0701 e. The zero-order chi connectivity index (χ0) is 28.9. The first-order valence-electron chi connectivity index (χ1n) is 15.8. The van der Waals surface area contributed by atoms with Gasteiger partial charge in [-0.3, -0.25) is 0 Å². The lowest BCUT2D eigenvalue weighted by Gasteiger charge is -2.09. The van der Waals surface area contributed by atoms with E-state index in [9.17, 15) is 0 Å². The van der Waals surface area contributed by atoms with Gasteiger partial charge in [0, 0.05) is 13.2 Å². The quantitative estimate of drug-likeness (QED) is 0.108. The molecule has 0 rings (SSSR count). The Kier molecular flexibility index (Phi) is 38.2. The van der Waals surface area contributed by atoms with Crippen molar-refractivity contribution in [3.63, 3.8) is 0 Å². The number of hydrogen-bond acceptors (Lipinski definition) is 10. The van der Waals surface area contributed by atoms with E-state index in [1.54, 1.807) is 0 Å². The molecule has 242 valence electrons. The molecule has 0 fully saturated rings. The minimum absolute atomic E-state index is 0.533. The van der Waals surface area contributed by atoms with E-state index >= 15 is 0 Å². The SMILES string of the molecule is CCCCCCCCCCCCOCCOCCOCCOCCOCCOCCOCCOCCOCCN. The van der Waals surface area contributed by atoms with Crippen molar-refractivity contribution in [2.75, 3.05) is 125 Å². The maximum absolute atomic E-state index is 5.64. The molecule has 10 heteroatoms. The lowest BCUT2D eigenvalue weighted by atomic mass is 10.1. The van der Waals surface area contributed by atoms with Crippen LogP contribution in [-0.4, -0.2) is 125 Å². The van der Waals surface area contributed by atoms with Gasteiger partial charge in [0.2, 0.25) is 0 Å². The first kappa shape index (κ1) is 39.6. The molecule has 0 heterocycles. The van der Waals surface area contributed by atoms with Crippen LogP contribution >= 0.6 is 0 Å². The molecule has 0 amide bonds. The van der Waals surface area contributed by atoms with Crippen LogP contribution < -0.4 is 5.73 Å². The highest BCUT2D eigenvalue weighted by molar-refractivity contribution is 4.47. The van der Waals surface area contributed by atoms with Gasteiger partial charge in [-0.05, 0) is 6.42 Å². The highest BCUT2D eigenvalue weighted by Gasteiger charge is 1.96. The molecule has 0 saturated carbocycles. The Hall–Kier alpha value is -0.400. The fraction of sp³-hybridized carbons (Fsp3) is 1.00. The van der Waals surface area contributed by atoms with Crippen molar-refractivity contribution in [1.29, 1.82) is 0 Å². The monoisotopic (exact) mass is 581 g/mol. The fourth-order valence-corrected chi connectivity index (χ4v) is 3.64. The summed E-state index contributed by atoms with van der Waals surface area (Å²) < 4.78 is 49.1. The van der Waals surface area contributed by atoms with E-state index in [-0.39, 0.29) is 0 Å². The third-order valence-electron chi connectivity index (χ3n) is 5.88. The number of hydrogen-bond donors (Lipinski definition) is 1. The van der Waals surface area contributed by atoms with Gasteiger partial charge in [0.1, 0.15) is 0 Å². The predicted molar refractivity (Wildman–Crippen MR) is 158 cm³/mol. The summed E-state index contributed by atoms with van der Waals surface area (Å²) in [6, 6.07) is 0. The second kappa shape index (κ2) is 38.6. The Morgan fingerprint density at radius 3 is 0.775 bits per heavy atom. The van der Waals surface area contributed by atoms with Gasteiger partial charge in [-0.2, -0.15) is 0 Å². The average molecular weight is 582 g/mol. The molecule has 0 aliphatic carbocycles. The third kappa shape index (κ3) is 37.6. The molecule has 0 aromatic rings. The molecule has 0 aromatic carbocycles. The smallest absolute Gasteiger partial charge is 0.0701 e. The Balaban J connectivity index is 3.01. The van der Waals surface area contributed by atoms with Crippen LogP contribution in [0.1, 0.15) is 71.1 Å². The third-order valence-corrected chi connectivity index (χ3v) is 5.88. The molecule has 0 radical (unpaired) electrons. The molecule has 0 aromatic heterocycles. The van der Waals surface area contributed by atoms with E-state index in [0.717, 1.165) is 13.0 Å². The standard InChI is InChI=1S/C30H63NO9/c1-2-3-4-5-6-7-8-9-10-11-13-32-15-17-34-19-21-36-23-25-38-27-29-40-30-28-39-26-24-37-22-20-35-18-16-33-14-12-31/h2-31H2,1H3. The molecular formula is C30H63NO9. The summed E-state index contributed by atoms with van der Waals surface area (Å²) in [5.74, 6) is 0. The molecule has 0 aliphatic heterocycles. The van der Waals surface area contributed by atoms with Crippen molar-refractivity contribution < 1.29 is 42.6 Å². The minimum Gasteiger partial charge on any atom is -0.379 e. The number of nitrogens with two attached hydrogens (primary N) is 1. The van der Waals surface area contributed by atoms with Gasteiger partial charge in [-0.15, -0.1) is 0 Å². The number of rotatable bonds is 37. The largest absolute Gasteiger partial charge is 0.379 e. The van der Waals surface area contributed by atoms with Crippen LogP contribution in [0.15, 0.2) is 0 Å². The first-order valence-corrected chi connectivity index (χ1v) is 15.8. The average Bonchev–Trinajstić information content (AvgIpc) is 2.97. The Labute approximate surface area is 245 Å². The van der Waals surface area contributed by atoms with Crippen molar-refractivity contribution >= 4 is 0 Å². The van der Waals surface area contributed by atoms with E-state index in [1.807, 2.05) is 0 Å². The topological polar surface area (TPSA) is 109 Å². The van der Waals surface area contributed by atoms with E-state index in [0.29, 0.717) is 119 Å². The molecule has 0 atom stereocenters. The molecule has 0 unspecified atom stereocenters. The summed E-state index contributed by atoms with van der Waals surface area (Å²) in [5, 5.41) is 0. The first-order chi connectivity index (χ1) is 19.9. The second-order valence-corrected chi connectivity index (χ2v) is 9.48. The zero-order valence-corrected chi connectivity index (χ0v) is 25.8. The zero-order valence-electron chi connectivity index (χ0n) is 25.8. The summed E-state index contributed by atoms with van der Waals surface area (Å²) in [6.45, 7) is 13.1. The van der Waals surface area contributed by atoms with Crippen LogP contribution in [-0.2, 0) is 42.6 Å². The summed E-state index contributed by atoms with van der Waals surface area (Å²) in [4.78, 5) is 0. The van der Waals surface area contributed by atoms with Gasteiger partial charge >= 0.3 is 0 Å². The number of unbranched alkanes of at least 4 members (excludes halogenated alkanes) is 9. The molecule has 40 heavy (non-hydrogen) atoms. The van der Waals surface area contributed by atoms with Crippen LogP contribution in [0.25, 0.3) is 0 Å². The normalized spacial score (nSPS) is 11.6. The van der Waals surface area contributed by atoms with Crippen LogP contribution in [0.3, 0.4) is 0 Å². The maximum atomic E-state index is 5.64. The Morgan fingerprint density at radius 1 is 0.275 bits per heavy atom. The van der Waals surface area contributed by atoms with Crippen LogP contribution in [0.2, 0.25) is 0 Å². The molecular weight excluding hydrogens is 518 g/mol. The Morgan fingerprint density at radius 2 is 0.500 bits per heavy atom. The summed E-state index contributed by atoms with van der Waals surface area (Å²) >= 11 is 0. The number of ether oxygens (including phenoxy) is 9. The molecule has 10 nitrogen and oxygen atoms in total. The fourth-order valence-electron chi connectivity index (χ4n) is 3.64. The second-order valence-electron chi connectivity index (χ2n) is 9.48. The lowest BCUT2D eigenvalue weighted by molar-refractivity contribution is -0.0249. The van der Waals surface area contributed by atoms with Gasteiger partial charge in [0.15, 0.2) is 0 Å². The van der Waals surface area contributed by atoms with Gasteiger partial charge < -0.3 is 48.4 Å². The van der Waals surface area contributed by atoms with E-state index in [1.165, 1.54) is 57.8 Å². The molecule has 0 spiro atoms. The molecule has 2 N–H and O–H groups in total. The van der Waals surface area contributed by atoms with Crippen LogP contribution in [0.5, 0.6) is 0 Å². The summed E-state index contributed by atoms with van der Waals surface area (Å²) in [5.41, 5.74) is 5.33. The van der Waals surface area contributed by atoms with Crippen molar-refractivity contribution in [1.82, 2.24) is 0 Å². The highest BCUT2D eigenvalue weighted by Crippen LogP contribution is 2.10. The van der Waals surface area contributed by atoms with Crippen LogP contribution in [0, 0.1) is 0 Å². The van der Waals surface area contributed by atoms with Crippen molar-refractivity contribution in [2.24, 2.45) is 5.73 Å². The molecule has 0 bridgehead atoms. The predicted octanol–water partition coefficient (Wildman–Crippen LogP) is 4.02. The van der Waals surface area contributed by atoms with Crippen molar-refractivity contribution in [3.05, 3.63) is 0 Å². The van der Waals surface area contributed by atoms with Gasteiger partial charge in [-0.25, -0.2) is 0 Å². The van der Waals surface area contributed by atoms with E-state index in [4.69, 9.17) is 48.4 Å². The van der Waals surface area contributed by atoms with Crippen molar-refractivity contribution in [3.8, 4) is 0 Å². The van der Waals surface area contributed by atoms with E-state index < -0.39 is 0 Å². The summed E-state index contributed by atoms with van der Waals surface area (Å²) in [6.07, 6.45) is 13.5. The molecule has 0 aliphatic rings. The van der Waals surface area contributed by atoms with Gasteiger partial charge in [-0.1, -0.05) is 64.7 Å². The van der Waals surface area contributed by atoms with Crippen molar-refractivity contribution in [2.45, 2.75) is 71.1 Å². The summed E-state index contributed by atoms with van der Waals surface area (Å²) in [7, 11) is 0. The Bertz CT molecular complexity index is 398. The highest BCUT2D eigenvalue weighted by atomic mass is 16.6. The minimum atomic E-state index is 0.533.